The van der Waals surface area contributed by atoms with Crippen molar-refractivity contribution >= 4 is 23.0 Å². The molecule has 0 fully saturated rings. The Morgan fingerprint density at radius 2 is 2.05 bits per heavy atom. The van der Waals surface area contributed by atoms with Crippen LogP contribution in [0.3, 0.4) is 0 Å². The van der Waals surface area contributed by atoms with Gasteiger partial charge in [-0.25, -0.2) is 0 Å². The van der Waals surface area contributed by atoms with Gasteiger partial charge in [0.05, 0.1) is 18.9 Å². The predicted octanol–water partition coefficient (Wildman–Crippen LogP) is 3.73. The number of nitrogens with one attached hydrogen (secondary N) is 2. The van der Waals surface area contributed by atoms with Crippen LogP contribution >= 0.6 is 12.2 Å². The highest BCUT2D eigenvalue weighted by molar-refractivity contribution is 7.80. The van der Waals surface area contributed by atoms with Crippen molar-refractivity contribution in [2.45, 2.75) is 19.9 Å². The Balaban J connectivity index is 1.87. The lowest BCUT2D eigenvalue weighted by molar-refractivity contribution is 0.340. The van der Waals surface area contributed by atoms with E-state index >= 15 is 0 Å². The van der Waals surface area contributed by atoms with E-state index in [1.807, 2.05) is 50.2 Å². The van der Waals surface area contributed by atoms with Crippen molar-refractivity contribution in [3.8, 4) is 5.75 Å². The van der Waals surface area contributed by atoms with Crippen LogP contribution in [-0.2, 0) is 0 Å². The number of ether oxygens (including phenoxy) is 1. The van der Waals surface area contributed by atoms with Gasteiger partial charge in [-0.2, -0.15) is 0 Å². The molecule has 2 N–H and O–H groups in total. The minimum absolute atomic E-state index is 0.0210. The van der Waals surface area contributed by atoms with E-state index in [4.69, 9.17) is 21.4 Å². The number of furan rings is 1. The molecule has 106 valence electrons. The van der Waals surface area contributed by atoms with Gasteiger partial charge >= 0.3 is 0 Å². The average Bonchev–Trinajstić information content (AvgIpc) is 2.95. The topological polar surface area (TPSA) is 46.4 Å². The molecule has 0 unspecified atom stereocenters. The first kappa shape index (κ1) is 14.4. The van der Waals surface area contributed by atoms with Crippen molar-refractivity contribution in [2.75, 3.05) is 11.9 Å². The van der Waals surface area contributed by atoms with Crippen LogP contribution in [0.15, 0.2) is 47.1 Å². The molecule has 1 aromatic carbocycles. The number of thiocarbonyl (C=S) groups is 1. The monoisotopic (exact) mass is 290 g/mol. The van der Waals surface area contributed by atoms with E-state index in [0.717, 1.165) is 17.2 Å². The van der Waals surface area contributed by atoms with Gasteiger partial charge in [-0.1, -0.05) is 0 Å². The largest absolute Gasteiger partial charge is 0.494 e. The SMILES string of the molecule is CCOc1ccc(NC(=S)N[C@H](C)c2ccco2)cc1. The van der Waals surface area contributed by atoms with E-state index in [-0.39, 0.29) is 6.04 Å². The molecule has 1 atom stereocenters. The molecule has 4 nitrogen and oxygen atoms in total. The number of anilines is 1. The summed E-state index contributed by atoms with van der Waals surface area (Å²) in [6.07, 6.45) is 1.65. The molecule has 20 heavy (non-hydrogen) atoms. The third-order valence-corrected chi connectivity index (χ3v) is 2.96. The zero-order valence-electron chi connectivity index (χ0n) is 11.6. The van der Waals surface area contributed by atoms with Crippen molar-refractivity contribution in [3.05, 3.63) is 48.4 Å². The van der Waals surface area contributed by atoms with E-state index in [9.17, 15) is 0 Å². The lowest BCUT2D eigenvalue weighted by Crippen LogP contribution is -2.30. The van der Waals surface area contributed by atoms with Crippen LogP contribution in [0.1, 0.15) is 25.6 Å². The predicted molar refractivity (Wildman–Crippen MR) is 84.1 cm³/mol. The maximum Gasteiger partial charge on any atom is 0.171 e. The highest BCUT2D eigenvalue weighted by atomic mass is 32.1. The number of hydrogen-bond acceptors (Lipinski definition) is 3. The average molecular weight is 290 g/mol. The van der Waals surface area contributed by atoms with Crippen LogP contribution in [0, 0.1) is 0 Å². The molecule has 0 aliphatic rings. The van der Waals surface area contributed by atoms with Gasteiger partial charge in [0.2, 0.25) is 0 Å². The van der Waals surface area contributed by atoms with Crippen molar-refractivity contribution in [1.82, 2.24) is 5.32 Å². The molecule has 2 rings (SSSR count). The first-order chi connectivity index (χ1) is 9.69. The Bertz CT molecular complexity index is 538. The molecule has 0 radical (unpaired) electrons. The molecule has 1 aromatic heterocycles. The highest BCUT2D eigenvalue weighted by Gasteiger charge is 2.09. The molecule has 0 saturated heterocycles. The smallest absolute Gasteiger partial charge is 0.171 e. The maximum absolute atomic E-state index is 5.39. The molecular formula is C15H18N2O2S. The highest BCUT2D eigenvalue weighted by Crippen LogP contribution is 2.16. The second kappa shape index (κ2) is 6.96. The van der Waals surface area contributed by atoms with Crippen molar-refractivity contribution < 1.29 is 9.15 Å². The van der Waals surface area contributed by atoms with E-state index in [2.05, 4.69) is 10.6 Å². The minimum Gasteiger partial charge on any atom is -0.494 e. The fraction of sp³-hybridized carbons (Fsp3) is 0.267. The van der Waals surface area contributed by atoms with E-state index < -0.39 is 0 Å². The first-order valence-corrected chi connectivity index (χ1v) is 6.93. The van der Waals surface area contributed by atoms with Gasteiger partial charge in [-0.05, 0) is 62.5 Å². The third kappa shape index (κ3) is 3.99. The normalized spacial score (nSPS) is 11.7. The molecule has 0 spiro atoms. The van der Waals surface area contributed by atoms with Gasteiger partial charge in [0.25, 0.3) is 0 Å². The van der Waals surface area contributed by atoms with E-state index in [0.29, 0.717) is 11.7 Å². The summed E-state index contributed by atoms with van der Waals surface area (Å²) in [4.78, 5) is 0. The van der Waals surface area contributed by atoms with Crippen LogP contribution in [0.2, 0.25) is 0 Å². The van der Waals surface area contributed by atoms with Crippen LogP contribution in [0.25, 0.3) is 0 Å². The van der Waals surface area contributed by atoms with Gasteiger partial charge in [0.15, 0.2) is 5.11 Å². The summed E-state index contributed by atoms with van der Waals surface area (Å²) >= 11 is 5.28. The summed E-state index contributed by atoms with van der Waals surface area (Å²) in [7, 11) is 0. The summed E-state index contributed by atoms with van der Waals surface area (Å²) in [5.74, 6) is 1.70. The number of hydrogen-bond donors (Lipinski definition) is 2. The van der Waals surface area contributed by atoms with Crippen molar-refractivity contribution in [2.24, 2.45) is 0 Å². The van der Waals surface area contributed by atoms with E-state index in [1.54, 1.807) is 6.26 Å². The van der Waals surface area contributed by atoms with Gasteiger partial charge in [0, 0.05) is 5.69 Å². The number of rotatable bonds is 5. The van der Waals surface area contributed by atoms with E-state index in [1.165, 1.54) is 0 Å². The second-order valence-electron chi connectivity index (χ2n) is 4.29. The second-order valence-corrected chi connectivity index (χ2v) is 4.70. The molecule has 0 aliphatic carbocycles. The first-order valence-electron chi connectivity index (χ1n) is 6.53. The van der Waals surface area contributed by atoms with Gasteiger partial charge in [-0.15, -0.1) is 0 Å². The van der Waals surface area contributed by atoms with Crippen LogP contribution < -0.4 is 15.4 Å². The standard InChI is InChI=1S/C15H18N2O2S/c1-3-18-13-8-6-12(7-9-13)17-15(20)16-11(2)14-5-4-10-19-14/h4-11H,3H2,1-2H3,(H2,16,17,20)/t11-/m1/s1. The Morgan fingerprint density at radius 3 is 2.65 bits per heavy atom. The quantitative estimate of drug-likeness (QED) is 0.822. The van der Waals surface area contributed by atoms with Gasteiger partial charge in [0.1, 0.15) is 11.5 Å². The summed E-state index contributed by atoms with van der Waals surface area (Å²) in [5, 5.41) is 6.85. The Labute approximate surface area is 124 Å². The lowest BCUT2D eigenvalue weighted by atomic mass is 10.2. The van der Waals surface area contributed by atoms with Crippen LogP contribution in [-0.4, -0.2) is 11.7 Å². The van der Waals surface area contributed by atoms with Crippen molar-refractivity contribution in [1.29, 1.82) is 0 Å². The zero-order valence-corrected chi connectivity index (χ0v) is 12.4. The Hall–Kier alpha value is -2.01. The summed E-state index contributed by atoms with van der Waals surface area (Å²) in [5.41, 5.74) is 0.914. The molecule has 2 aromatic rings. The van der Waals surface area contributed by atoms with Crippen molar-refractivity contribution in [3.63, 3.8) is 0 Å². The Kier molecular flexibility index (Phi) is 5.01. The zero-order chi connectivity index (χ0) is 14.4. The molecule has 0 bridgehead atoms. The third-order valence-electron chi connectivity index (χ3n) is 2.74. The molecule has 1 heterocycles. The molecule has 0 amide bonds. The lowest BCUT2D eigenvalue weighted by Gasteiger charge is -2.15. The number of benzene rings is 1. The van der Waals surface area contributed by atoms with Gasteiger partial charge in [-0.3, -0.25) is 0 Å². The Morgan fingerprint density at radius 1 is 1.30 bits per heavy atom. The molecule has 0 saturated carbocycles. The van der Waals surface area contributed by atoms with Crippen LogP contribution in [0.4, 0.5) is 5.69 Å². The fourth-order valence-electron chi connectivity index (χ4n) is 1.77. The molecule has 0 aliphatic heterocycles. The summed E-state index contributed by atoms with van der Waals surface area (Å²) in [6.45, 7) is 4.61. The minimum atomic E-state index is 0.0210. The molecule has 5 heteroatoms. The summed E-state index contributed by atoms with van der Waals surface area (Å²) in [6, 6.07) is 11.5. The van der Waals surface area contributed by atoms with Gasteiger partial charge < -0.3 is 19.8 Å². The maximum atomic E-state index is 5.39. The summed E-state index contributed by atoms with van der Waals surface area (Å²) < 4.78 is 10.7. The molecular weight excluding hydrogens is 272 g/mol. The van der Waals surface area contributed by atoms with Crippen LogP contribution in [0.5, 0.6) is 5.75 Å². The fourth-order valence-corrected chi connectivity index (χ4v) is 2.07.